The highest BCUT2D eigenvalue weighted by molar-refractivity contribution is 5.76. The number of β-amino-alcohol motifs (C(OH)–C–C–N with tert-alkyl or cyclic N) is 1. The number of amides is 1. The molecule has 0 bridgehead atoms. The number of carbonyl (C=O) groups excluding carboxylic acids is 1. The van der Waals surface area contributed by atoms with Gasteiger partial charge in [-0.15, -0.1) is 0 Å². The Morgan fingerprint density at radius 1 is 1.41 bits per heavy atom. The molecule has 0 aliphatic carbocycles. The molecule has 0 saturated carbocycles. The molecule has 7 heteroatoms. The Hall–Kier alpha value is -2.15. The van der Waals surface area contributed by atoms with Gasteiger partial charge in [0.15, 0.2) is 0 Å². The second-order valence-corrected chi connectivity index (χ2v) is 5.47. The zero-order valence-electron chi connectivity index (χ0n) is 12.4. The van der Waals surface area contributed by atoms with Gasteiger partial charge in [-0.1, -0.05) is 0 Å². The molecule has 1 heterocycles. The predicted octanol–water partition coefficient (Wildman–Crippen LogP) is 1.77. The smallest absolute Gasteiger partial charge is 0.269 e. The quantitative estimate of drug-likeness (QED) is 0.474. The van der Waals surface area contributed by atoms with Gasteiger partial charge in [0.1, 0.15) is 0 Å². The Balaban J connectivity index is 1.68. The fourth-order valence-electron chi connectivity index (χ4n) is 2.51. The van der Waals surface area contributed by atoms with Gasteiger partial charge in [-0.05, 0) is 31.4 Å². The Labute approximate surface area is 129 Å². The van der Waals surface area contributed by atoms with Gasteiger partial charge in [-0.3, -0.25) is 14.9 Å². The molecule has 7 nitrogen and oxygen atoms in total. The molecule has 2 rings (SSSR count). The number of aliphatic hydroxyl groups is 1. The van der Waals surface area contributed by atoms with E-state index >= 15 is 0 Å². The van der Waals surface area contributed by atoms with E-state index in [0.717, 1.165) is 25.1 Å². The van der Waals surface area contributed by atoms with E-state index in [2.05, 4.69) is 5.32 Å². The summed E-state index contributed by atoms with van der Waals surface area (Å²) in [5.41, 5.74) is 0.857. The number of anilines is 1. The molecular weight excluding hydrogens is 286 g/mol. The van der Waals surface area contributed by atoms with Crippen molar-refractivity contribution in [3.8, 4) is 0 Å². The second-order valence-electron chi connectivity index (χ2n) is 5.47. The molecule has 1 unspecified atom stereocenters. The number of nitrogens with zero attached hydrogens (tertiary/aromatic N) is 2. The van der Waals surface area contributed by atoms with Crippen LogP contribution in [0.2, 0.25) is 0 Å². The largest absolute Gasteiger partial charge is 0.391 e. The summed E-state index contributed by atoms with van der Waals surface area (Å²) in [4.78, 5) is 23.8. The average Bonchev–Trinajstić information content (AvgIpc) is 2.51. The van der Waals surface area contributed by atoms with Crippen molar-refractivity contribution in [3.63, 3.8) is 0 Å². The summed E-state index contributed by atoms with van der Waals surface area (Å²) in [6, 6.07) is 6.20. The minimum Gasteiger partial charge on any atom is -0.391 e. The fourth-order valence-corrected chi connectivity index (χ4v) is 2.51. The first kappa shape index (κ1) is 16.2. The van der Waals surface area contributed by atoms with E-state index in [1.807, 2.05) is 0 Å². The zero-order valence-corrected chi connectivity index (χ0v) is 12.4. The lowest BCUT2D eigenvalue weighted by Gasteiger charge is -2.30. The number of benzene rings is 1. The number of hydrogen-bond donors (Lipinski definition) is 2. The fraction of sp³-hybridized carbons (Fsp3) is 0.533. The Kier molecular flexibility index (Phi) is 5.71. The molecule has 1 fully saturated rings. The van der Waals surface area contributed by atoms with Crippen molar-refractivity contribution in [2.45, 2.75) is 31.8 Å². The van der Waals surface area contributed by atoms with Crippen LogP contribution in [-0.2, 0) is 4.79 Å². The lowest BCUT2D eigenvalue weighted by atomic mass is 10.1. The van der Waals surface area contributed by atoms with E-state index in [1.54, 1.807) is 17.0 Å². The van der Waals surface area contributed by atoms with Crippen LogP contribution in [0, 0.1) is 10.1 Å². The first-order valence-electron chi connectivity index (χ1n) is 7.50. The first-order valence-corrected chi connectivity index (χ1v) is 7.50. The normalized spacial score (nSPS) is 18.0. The van der Waals surface area contributed by atoms with Crippen LogP contribution < -0.4 is 5.32 Å². The monoisotopic (exact) mass is 307 g/mol. The number of carbonyl (C=O) groups is 1. The lowest BCUT2D eigenvalue weighted by Crippen LogP contribution is -2.42. The van der Waals surface area contributed by atoms with Crippen LogP contribution in [0.25, 0.3) is 0 Å². The van der Waals surface area contributed by atoms with Gasteiger partial charge in [-0.25, -0.2) is 0 Å². The predicted molar refractivity (Wildman–Crippen MR) is 82.6 cm³/mol. The van der Waals surface area contributed by atoms with E-state index in [1.165, 1.54) is 12.1 Å². The number of nitrogens with one attached hydrogen (secondary N) is 1. The van der Waals surface area contributed by atoms with Crippen LogP contribution in [0.15, 0.2) is 24.3 Å². The molecule has 120 valence electrons. The Bertz CT molecular complexity index is 518. The van der Waals surface area contributed by atoms with Crippen molar-refractivity contribution in [2.24, 2.45) is 0 Å². The van der Waals surface area contributed by atoms with E-state index in [-0.39, 0.29) is 11.6 Å². The average molecular weight is 307 g/mol. The Morgan fingerprint density at radius 2 is 2.14 bits per heavy atom. The minimum atomic E-state index is -0.435. The summed E-state index contributed by atoms with van der Waals surface area (Å²) in [5.74, 6) is 0.0734. The molecule has 1 saturated heterocycles. The van der Waals surface area contributed by atoms with Crippen molar-refractivity contribution in [2.75, 3.05) is 25.0 Å². The standard InChI is InChI=1S/C15H21N3O4/c19-14-3-2-10-17(11-14)15(20)4-1-9-16-12-5-7-13(8-6-12)18(21)22/h5-8,14,16,19H,1-4,9-11H2. The highest BCUT2D eigenvalue weighted by atomic mass is 16.6. The molecule has 1 aliphatic heterocycles. The number of nitro benzene ring substituents is 1. The van der Waals surface area contributed by atoms with Crippen molar-refractivity contribution < 1.29 is 14.8 Å². The van der Waals surface area contributed by atoms with Gasteiger partial charge >= 0.3 is 0 Å². The van der Waals surface area contributed by atoms with Gasteiger partial charge < -0.3 is 15.3 Å². The molecule has 1 aromatic rings. The number of hydrogen-bond acceptors (Lipinski definition) is 5. The van der Waals surface area contributed by atoms with E-state index in [4.69, 9.17) is 0 Å². The molecule has 22 heavy (non-hydrogen) atoms. The van der Waals surface area contributed by atoms with E-state index in [9.17, 15) is 20.0 Å². The lowest BCUT2D eigenvalue weighted by molar-refractivity contribution is -0.384. The molecule has 1 atom stereocenters. The molecular formula is C15H21N3O4. The number of likely N-dealkylation sites (tertiary alicyclic amines) is 1. The summed E-state index contributed by atoms with van der Waals surface area (Å²) >= 11 is 0. The molecule has 1 aromatic carbocycles. The maximum absolute atomic E-state index is 12.0. The number of nitro groups is 1. The van der Waals surface area contributed by atoms with Crippen molar-refractivity contribution >= 4 is 17.3 Å². The molecule has 1 aliphatic rings. The van der Waals surface area contributed by atoms with Gasteiger partial charge in [0, 0.05) is 43.9 Å². The molecule has 0 aromatic heterocycles. The van der Waals surface area contributed by atoms with Crippen LogP contribution in [0.1, 0.15) is 25.7 Å². The summed E-state index contributed by atoms with van der Waals surface area (Å²) < 4.78 is 0. The molecule has 2 N–H and O–H groups in total. The Morgan fingerprint density at radius 3 is 2.77 bits per heavy atom. The van der Waals surface area contributed by atoms with Gasteiger partial charge in [0.05, 0.1) is 11.0 Å². The van der Waals surface area contributed by atoms with Crippen LogP contribution in [0.4, 0.5) is 11.4 Å². The van der Waals surface area contributed by atoms with Crippen LogP contribution in [0.5, 0.6) is 0 Å². The minimum absolute atomic E-state index is 0.0596. The third-order valence-electron chi connectivity index (χ3n) is 3.72. The van der Waals surface area contributed by atoms with Crippen molar-refractivity contribution in [1.29, 1.82) is 0 Å². The molecule has 0 spiro atoms. The third-order valence-corrected chi connectivity index (χ3v) is 3.72. The number of rotatable bonds is 6. The van der Waals surface area contributed by atoms with Crippen LogP contribution in [0.3, 0.4) is 0 Å². The van der Waals surface area contributed by atoms with Crippen LogP contribution >= 0.6 is 0 Å². The summed E-state index contributed by atoms with van der Waals surface area (Å²) in [5, 5.41) is 23.2. The van der Waals surface area contributed by atoms with E-state index in [0.29, 0.717) is 25.9 Å². The topological polar surface area (TPSA) is 95.7 Å². The highest BCUT2D eigenvalue weighted by Crippen LogP contribution is 2.16. The maximum atomic E-state index is 12.0. The molecule has 1 amide bonds. The SMILES string of the molecule is O=C(CCCNc1ccc([N+](=O)[O-])cc1)N1CCCC(O)C1. The third kappa shape index (κ3) is 4.70. The highest BCUT2D eigenvalue weighted by Gasteiger charge is 2.21. The van der Waals surface area contributed by atoms with Gasteiger partial charge in [-0.2, -0.15) is 0 Å². The number of aliphatic hydroxyl groups excluding tert-OH is 1. The second kappa shape index (κ2) is 7.74. The van der Waals surface area contributed by atoms with Gasteiger partial charge in [0.2, 0.25) is 5.91 Å². The molecule has 0 radical (unpaired) electrons. The number of piperidine rings is 1. The summed E-state index contributed by atoms with van der Waals surface area (Å²) in [6.45, 7) is 1.79. The van der Waals surface area contributed by atoms with E-state index < -0.39 is 11.0 Å². The summed E-state index contributed by atoms with van der Waals surface area (Å²) in [6.07, 6.45) is 2.35. The number of non-ortho nitro benzene ring substituents is 1. The maximum Gasteiger partial charge on any atom is 0.269 e. The van der Waals surface area contributed by atoms with Gasteiger partial charge in [0.25, 0.3) is 5.69 Å². The first-order chi connectivity index (χ1) is 10.6. The zero-order chi connectivity index (χ0) is 15.9. The van der Waals surface area contributed by atoms with Crippen LogP contribution in [-0.4, -0.2) is 46.6 Å². The van der Waals surface area contributed by atoms with Crippen molar-refractivity contribution in [1.82, 2.24) is 4.90 Å². The summed E-state index contributed by atoms with van der Waals surface area (Å²) in [7, 11) is 0. The van der Waals surface area contributed by atoms with Crippen molar-refractivity contribution in [3.05, 3.63) is 34.4 Å².